The molecule has 5 nitrogen and oxygen atoms in total. The number of rotatable bonds is 4. The molecule has 15 heavy (non-hydrogen) atoms. The Morgan fingerprint density at radius 3 is 2.53 bits per heavy atom. The highest BCUT2D eigenvalue weighted by Crippen LogP contribution is 2.25. The van der Waals surface area contributed by atoms with E-state index in [1.54, 1.807) is 0 Å². The summed E-state index contributed by atoms with van der Waals surface area (Å²) in [5.41, 5.74) is 0. The maximum Gasteiger partial charge on any atom is 0.228 e. The van der Waals surface area contributed by atoms with Gasteiger partial charge >= 0.3 is 0 Å². The van der Waals surface area contributed by atoms with E-state index < -0.39 is 24.6 Å². The summed E-state index contributed by atoms with van der Waals surface area (Å²) in [6.45, 7) is 5.29. The smallest absolute Gasteiger partial charge is 0.228 e. The Balaban J connectivity index is 2.72. The number of hydrogen-bond donors (Lipinski definition) is 2. The second-order valence-electron chi connectivity index (χ2n) is 3.44. The van der Waals surface area contributed by atoms with Crippen LogP contribution in [0.3, 0.4) is 0 Å². The van der Waals surface area contributed by atoms with Gasteiger partial charge in [0.25, 0.3) is 0 Å². The molecule has 5 unspecified atom stereocenters. The number of hydrogen-bond acceptors (Lipinski definition) is 5. The minimum Gasteiger partial charge on any atom is -0.470 e. The van der Waals surface area contributed by atoms with Gasteiger partial charge in [-0.05, 0) is 6.42 Å². The first-order chi connectivity index (χ1) is 7.15. The van der Waals surface area contributed by atoms with Gasteiger partial charge in [-0.15, -0.1) is 0 Å². The van der Waals surface area contributed by atoms with Crippen molar-refractivity contribution in [3.05, 3.63) is 12.8 Å². The van der Waals surface area contributed by atoms with Gasteiger partial charge in [0.15, 0.2) is 0 Å². The minimum absolute atomic E-state index is 0.293. The lowest BCUT2D eigenvalue weighted by Crippen LogP contribution is -2.58. The average molecular weight is 218 g/mol. The SMILES string of the molecule is C=COC1OC(CC)C(OC)C(O)C1O. The Labute approximate surface area is 89.3 Å². The van der Waals surface area contributed by atoms with Crippen LogP contribution in [0, 0.1) is 0 Å². The van der Waals surface area contributed by atoms with Gasteiger partial charge in [-0.3, -0.25) is 0 Å². The molecular weight excluding hydrogens is 200 g/mol. The van der Waals surface area contributed by atoms with Crippen molar-refractivity contribution < 1.29 is 24.4 Å². The molecule has 0 aliphatic carbocycles. The van der Waals surface area contributed by atoms with Gasteiger partial charge in [0.05, 0.1) is 12.4 Å². The zero-order valence-electron chi connectivity index (χ0n) is 9.00. The average Bonchev–Trinajstić information content (AvgIpc) is 2.24. The molecule has 0 aromatic carbocycles. The Morgan fingerprint density at radius 1 is 1.40 bits per heavy atom. The normalized spacial score (nSPS) is 41.2. The van der Waals surface area contributed by atoms with Crippen LogP contribution < -0.4 is 0 Å². The Bertz CT molecular complexity index is 206. The zero-order valence-corrected chi connectivity index (χ0v) is 9.00. The Hall–Kier alpha value is -0.620. The second-order valence-corrected chi connectivity index (χ2v) is 3.44. The van der Waals surface area contributed by atoms with Crippen LogP contribution in [0.4, 0.5) is 0 Å². The van der Waals surface area contributed by atoms with Crippen LogP contribution in [0.15, 0.2) is 12.8 Å². The lowest BCUT2D eigenvalue weighted by molar-refractivity contribution is -0.287. The fourth-order valence-corrected chi connectivity index (χ4v) is 1.73. The standard InChI is InChI=1S/C10H18O5/c1-4-6-9(13-3)7(11)8(12)10(15-6)14-5-2/h5-12H,2,4H2,1,3H3. The van der Waals surface area contributed by atoms with Crippen LogP contribution in [0.25, 0.3) is 0 Å². The van der Waals surface area contributed by atoms with Crippen molar-refractivity contribution in [2.24, 2.45) is 0 Å². The van der Waals surface area contributed by atoms with Gasteiger partial charge in [-0.25, -0.2) is 0 Å². The summed E-state index contributed by atoms with van der Waals surface area (Å²) in [4.78, 5) is 0. The minimum atomic E-state index is -1.13. The molecule has 1 heterocycles. The summed E-state index contributed by atoms with van der Waals surface area (Å²) in [5, 5.41) is 19.4. The van der Waals surface area contributed by atoms with Crippen molar-refractivity contribution in [2.75, 3.05) is 7.11 Å². The first-order valence-corrected chi connectivity index (χ1v) is 4.96. The lowest BCUT2D eigenvalue weighted by atomic mass is 9.97. The Kier molecular flexibility index (Phi) is 4.53. The van der Waals surface area contributed by atoms with Crippen molar-refractivity contribution in [1.29, 1.82) is 0 Å². The van der Waals surface area contributed by atoms with E-state index in [9.17, 15) is 10.2 Å². The molecule has 1 aliphatic heterocycles. The molecule has 0 aromatic heterocycles. The third kappa shape index (κ3) is 2.49. The summed E-state index contributed by atoms with van der Waals surface area (Å²) >= 11 is 0. The van der Waals surface area contributed by atoms with Crippen LogP contribution in [0.1, 0.15) is 13.3 Å². The lowest BCUT2D eigenvalue weighted by Gasteiger charge is -2.41. The fourth-order valence-electron chi connectivity index (χ4n) is 1.73. The third-order valence-corrected chi connectivity index (χ3v) is 2.55. The van der Waals surface area contributed by atoms with Crippen molar-refractivity contribution >= 4 is 0 Å². The molecule has 0 spiro atoms. The summed E-state index contributed by atoms with van der Waals surface area (Å²) in [5.74, 6) is 0. The van der Waals surface area contributed by atoms with Crippen molar-refractivity contribution in [3.8, 4) is 0 Å². The quantitative estimate of drug-likeness (QED) is 0.651. The molecule has 0 radical (unpaired) electrons. The molecule has 0 bridgehead atoms. The van der Waals surface area contributed by atoms with Crippen LogP contribution >= 0.6 is 0 Å². The first-order valence-electron chi connectivity index (χ1n) is 4.96. The molecule has 2 N–H and O–H groups in total. The summed E-state index contributed by atoms with van der Waals surface area (Å²) in [7, 11) is 1.47. The van der Waals surface area contributed by atoms with Crippen LogP contribution in [-0.2, 0) is 14.2 Å². The van der Waals surface area contributed by atoms with Crippen molar-refractivity contribution in [2.45, 2.75) is 44.1 Å². The molecule has 1 rings (SSSR count). The second kappa shape index (κ2) is 5.46. The number of aliphatic hydroxyl groups excluding tert-OH is 2. The molecule has 1 saturated heterocycles. The largest absolute Gasteiger partial charge is 0.470 e. The highest BCUT2D eigenvalue weighted by molar-refractivity contribution is 4.90. The highest BCUT2D eigenvalue weighted by Gasteiger charge is 2.44. The Morgan fingerprint density at radius 2 is 2.07 bits per heavy atom. The molecule has 5 heteroatoms. The van der Waals surface area contributed by atoms with E-state index in [-0.39, 0.29) is 6.10 Å². The number of aliphatic hydroxyl groups is 2. The molecule has 88 valence electrons. The molecule has 5 atom stereocenters. The van der Waals surface area contributed by atoms with Crippen LogP contribution in [0.2, 0.25) is 0 Å². The van der Waals surface area contributed by atoms with Crippen LogP contribution in [-0.4, -0.2) is 48.0 Å². The van der Waals surface area contributed by atoms with Gasteiger partial charge < -0.3 is 24.4 Å². The molecular formula is C10H18O5. The summed E-state index contributed by atoms with van der Waals surface area (Å²) in [6, 6.07) is 0. The predicted octanol–water partition coefficient (Wildman–Crippen LogP) is 0.0182. The fraction of sp³-hybridized carbons (Fsp3) is 0.800. The third-order valence-electron chi connectivity index (χ3n) is 2.55. The molecule has 0 aromatic rings. The van der Waals surface area contributed by atoms with Gasteiger partial charge in [0, 0.05) is 7.11 Å². The van der Waals surface area contributed by atoms with E-state index in [1.807, 2.05) is 6.92 Å². The van der Waals surface area contributed by atoms with E-state index in [1.165, 1.54) is 13.4 Å². The predicted molar refractivity (Wildman–Crippen MR) is 53.0 cm³/mol. The van der Waals surface area contributed by atoms with E-state index in [4.69, 9.17) is 14.2 Å². The van der Waals surface area contributed by atoms with Gasteiger partial charge in [0.1, 0.15) is 18.3 Å². The maximum atomic E-state index is 9.77. The van der Waals surface area contributed by atoms with Crippen molar-refractivity contribution in [1.82, 2.24) is 0 Å². The maximum absolute atomic E-state index is 9.77. The summed E-state index contributed by atoms with van der Waals surface area (Å²) in [6.07, 6.45) is -2.00. The van der Waals surface area contributed by atoms with E-state index in [0.717, 1.165) is 0 Å². The summed E-state index contributed by atoms with van der Waals surface area (Å²) < 4.78 is 15.5. The molecule has 1 fully saturated rings. The molecule has 1 aliphatic rings. The van der Waals surface area contributed by atoms with Gasteiger partial charge in [-0.2, -0.15) is 0 Å². The van der Waals surface area contributed by atoms with E-state index in [0.29, 0.717) is 6.42 Å². The zero-order chi connectivity index (χ0) is 11.4. The topological polar surface area (TPSA) is 68.2 Å². The van der Waals surface area contributed by atoms with Crippen LogP contribution in [0.5, 0.6) is 0 Å². The van der Waals surface area contributed by atoms with Crippen molar-refractivity contribution in [3.63, 3.8) is 0 Å². The first kappa shape index (κ1) is 12.4. The molecule has 0 saturated carbocycles. The highest BCUT2D eigenvalue weighted by atomic mass is 16.7. The van der Waals surface area contributed by atoms with Gasteiger partial charge in [0.2, 0.25) is 6.29 Å². The molecule has 0 amide bonds. The number of ether oxygens (including phenoxy) is 3. The number of methoxy groups -OCH3 is 1. The van der Waals surface area contributed by atoms with E-state index in [2.05, 4.69) is 6.58 Å². The van der Waals surface area contributed by atoms with E-state index >= 15 is 0 Å². The monoisotopic (exact) mass is 218 g/mol. The van der Waals surface area contributed by atoms with Gasteiger partial charge in [-0.1, -0.05) is 13.5 Å².